The number of benzene rings is 1. The fourth-order valence-corrected chi connectivity index (χ4v) is 7.47. The minimum Gasteiger partial charge on any atom is -0.255 e. The summed E-state index contributed by atoms with van der Waals surface area (Å²) < 4.78 is 0. The molecule has 0 bridgehead atoms. The lowest BCUT2D eigenvalue weighted by molar-refractivity contribution is 0.403. The van der Waals surface area contributed by atoms with E-state index >= 15 is 0 Å². The van der Waals surface area contributed by atoms with Gasteiger partial charge in [-0.05, 0) is 72.3 Å². The second-order valence-electron chi connectivity index (χ2n) is 13.2. The van der Waals surface area contributed by atoms with Crippen molar-refractivity contribution in [3.8, 4) is 22.6 Å². The Labute approximate surface area is 222 Å². The van der Waals surface area contributed by atoms with Gasteiger partial charge in [0.2, 0.25) is 0 Å². The van der Waals surface area contributed by atoms with Gasteiger partial charge >= 0.3 is 0 Å². The van der Waals surface area contributed by atoms with E-state index in [0.717, 1.165) is 28.7 Å². The minimum atomic E-state index is 0.185. The van der Waals surface area contributed by atoms with Crippen LogP contribution in [0.1, 0.15) is 133 Å². The number of hydrogen-bond acceptors (Lipinski definition) is 4. The van der Waals surface area contributed by atoms with E-state index in [9.17, 15) is 0 Å². The van der Waals surface area contributed by atoms with Crippen LogP contribution >= 0.6 is 0 Å². The van der Waals surface area contributed by atoms with Crippen molar-refractivity contribution in [3.63, 3.8) is 0 Å². The van der Waals surface area contributed by atoms with Crippen molar-refractivity contribution < 1.29 is 0 Å². The highest BCUT2D eigenvalue weighted by Gasteiger charge is 2.41. The number of nitrogens with zero attached hydrogens (tertiary/aromatic N) is 4. The Hall–Kier alpha value is -2.62. The van der Waals surface area contributed by atoms with Crippen LogP contribution in [0.15, 0.2) is 36.5 Å². The molecule has 0 spiro atoms. The van der Waals surface area contributed by atoms with Gasteiger partial charge < -0.3 is 0 Å². The van der Waals surface area contributed by atoms with Gasteiger partial charge in [0.1, 0.15) is 11.6 Å². The highest BCUT2D eigenvalue weighted by Crippen LogP contribution is 2.50. The van der Waals surface area contributed by atoms with Crippen LogP contribution in [0.5, 0.6) is 0 Å². The second kappa shape index (κ2) is 9.60. The number of fused-ring (bicyclic) bond motifs is 1. The molecule has 37 heavy (non-hydrogen) atoms. The summed E-state index contributed by atoms with van der Waals surface area (Å²) in [6.45, 7) is 9.47. The van der Waals surface area contributed by atoms with Gasteiger partial charge in [-0.3, -0.25) is 4.98 Å². The van der Waals surface area contributed by atoms with Crippen molar-refractivity contribution in [2.45, 2.75) is 121 Å². The van der Waals surface area contributed by atoms with Crippen molar-refractivity contribution in [3.05, 3.63) is 59.3 Å². The first-order valence-corrected chi connectivity index (χ1v) is 14.7. The van der Waals surface area contributed by atoms with Gasteiger partial charge in [-0.2, -0.15) is 0 Å². The summed E-state index contributed by atoms with van der Waals surface area (Å²) >= 11 is 0. The molecule has 0 N–H and O–H groups in total. The average molecular weight is 495 g/mol. The smallest absolute Gasteiger partial charge is 0.164 e. The van der Waals surface area contributed by atoms with E-state index in [4.69, 9.17) is 19.9 Å². The topological polar surface area (TPSA) is 51.6 Å². The zero-order valence-corrected chi connectivity index (χ0v) is 23.2. The maximum absolute atomic E-state index is 5.09. The van der Waals surface area contributed by atoms with E-state index in [1.807, 2.05) is 6.20 Å². The van der Waals surface area contributed by atoms with Crippen LogP contribution < -0.4 is 0 Å². The Balaban J connectivity index is 1.33. The Morgan fingerprint density at radius 1 is 0.622 bits per heavy atom. The van der Waals surface area contributed by atoms with Gasteiger partial charge in [-0.15, -0.1) is 0 Å². The van der Waals surface area contributed by atoms with Gasteiger partial charge in [0.15, 0.2) is 5.82 Å². The van der Waals surface area contributed by atoms with Crippen LogP contribution in [0.2, 0.25) is 0 Å². The van der Waals surface area contributed by atoms with Crippen LogP contribution in [0.3, 0.4) is 0 Å². The van der Waals surface area contributed by atoms with Crippen molar-refractivity contribution in [1.82, 2.24) is 19.9 Å². The zero-order valence-electron chi connectivity index (χ0n) is 23.2. The first-order valence-electron chi connectivity index (χ1n) is 14.7. The van der Waals surface area contributed by atoms with Crippen LogP contribution in [-0.2, 0) is 10.8 Å². The van der Waals surface area contributed by atoms with Crippen molar-refractivity contribution in [2.75, 3.05) is 0 Å². The Morgan fingerprint density at radius 2 is 1.19 bits per heavy atom. The molecule has 0 unspecified atom stereocenters. The molecule has 6 rings (SSSR count). The predicted molar refractivity (Wildman–Crippen MR) is 151 cm³/mol. The highest BCUT2D eigenvalue weighted by molar-refractivity contribution is 5.66. The third-order valence-corrected chi connectivity index (χ3v) is 9.29. The molecule has 0 amide bonds. The summed E-state index contributed by atoms with van der Waals surface area (Å²) in [5.74, 6) is 3.82. The van der Waals surface area contributed by atoms with Gasteiger partial charge in [0.05, 0.1) is 5.69 Å². The minimum absolute atomic E-state index is 0.185. The zero-order chi connectivity index (χ0) is 25.6. The summed E-state index contributed by atoms with van der Waals surface area (Å²) in [4.78, 5) is 20.1. The van der Waals surface area contributed by atoms with E-state index in [-0.39, 0.29) is 10.8 Å². The van der Waals surface area contributed by atoms with E-state index < -0.39 is 0 Å². The van der Waals surface area contributed by atoms with Crippen LogP contribution in [0.4, 0.5) is 0 Å². The summed E-state index contributed by atoms with van der Waals surface area (Å²) in [5, 5.41) is 0. The molecule has 3 aromatic rings. The number of pyridine rings is 1. The second-order valence-corrected chi connectivity index (χ2v) is 13.2. The Kier molecular flexibility index (Phi) is 6.41. The molecule has 0 atom stereocenters. The molecule has 2 heterocycles. The van der Waals surface area contributed by atoms with Crippen LogP contribution in [0.25, 0.3) is 22.6 Å². The SMILES string of the molecule is CC1(C)CC(C)(C)c2cc(-c3ccc(-c4nc(C5CCCCC5)nc(C5CCCCC5)n4)cn3)ccc21. The van der Waals surface area contributed by atoms with Crippen LogP contribution in [-0.4, -0.2) is 19.9 Å². The van der Waals surface area contributed by atoms with Crippen molar-refractivity contribution in [2.24, 2.45) is 0 Å². The summed E-state index contributed by atoms with van der Waals surface area (Å²) in [5.41, 5.74) is 6.56. The number of rotatable bonds is 4. The summed E-state index contributed by atoms with van der Waals surface area (Å²) in [6.07, 6.45) is 15.8. The Morgan fingerprint density at radius 3 is 1.76 bits per heavy atom. The van der Waals surface area contributed by atoms with E-state index in [2.05, 4.69) is 58.0 Å². The van der Waals surface area contributed by atoms with E-state index in [1.165, 1.54) is 87.3 Å². The largest absolute Gasteiger partial charge is 0.255 e. The third-order valence-electron chi connectivity index (χ3n) is 9.29. The first kappa shape index (κ1) is 24.7. The molecule has 4 nitrogen and oxygen atoms in total. The molecule has 0 aliphatic heterocycles. The molecule has 2 fully saturated rings. The quantitative estimate of drug-likeness (QED) is 0.364. The number of hydrogen-bond donors (Lipinski definition) is 0. The Bertz CT molecular complexity index is 1230. The lowest BCUT2D eigenvalue weighted by Gasteiger charge is -2.24. The fraction of sp³-hybridized carbons (Fsp3) is 0.576. The monoisotopic (exact) mass is 494 g/mol. The van der Waals surface area contributed by atoms with E-state index in [0.29, 0.717) is 11.8 Å². The fourth-order valence-electron chi connectivity index (χ4n) is 7.47. The normalized spacial score (nSPS) is 21.6. The van der Waals surface area contributed by atoms with Crippen LogP contribution in [0, 0.1) is 0 Å². The standard InChI is InChI=1S/C33H42N4/c1-32(2)21-33(3,4)27-19-24(15-17-26(27)32)28-18-16-25(20-34-28)31-36-29(22-11-7-5-8-12-22)35-30(37-31)23-13-9-6-10-14-23/h15-20,22-23H,5-14,21H2,1-4H3. The highest BCUT2D eigenvalue weighted by atomic mass is 15.0. The summed E-state index contributed by atoms with van der Waals surface area (Å²) in [7, 11) is 0. The molecular weight excluding hydrogens is 452 g/mol. The molecule has 194 valence electrons. The molecule has 3 aliphatic rings. The van der Waals surface area contributed by atoms with Gasteiger partial charge in [0.25, 0.3) is 0 Å². The molecule has 2 aromatic heterocycles. The first-order chi connectivity index (χ1) is 17.8. The molecule has 0 radical (unpaired) electrons. The predicted octanol–water partition coefficient (Wildman–Crippen LogP) is 8.65. The van der Waals surface area contributed by atoms with Gasteiger partial charge in [-0.1, -0.05) is 78.4 Å². The van der Waals surface area contributed by atoms with E-state index in [1.54, 1.807) is 0 Å². The maximum atomic E-state index is 5.09. The molecular formula is C33H42N4. The molecule has 0 saturated heterocycles. The number of aromatic nitrogens is 4. The van der Waals surface area contributed by atoms with Crippen molar-refractivity contribution >= 4 is 0 Å². The molecule has 3 aliphatic carbocycles. The molecule has 1 aromatic carbocycles. The average Bonchev–Trinajstić information content (AvgIpc) is 3.12. The maximum Gasteiger partial charge on any atom is 0.164 e. The van der Waals surface area contributed by atoms with Gasteiger partial charge in [0, 0.05) is 29.2 Å². The summed E-state index contributed by atoms with van der Waals surface area (Å²) in [6, 6.07) is 11.3. The van der Waals surface area contributed by atoms with Gasteiger partial charge in [-0.25, -0.2) is 15.0 Å². The third kappa shape index (κ3) is 4.84. The lowest BCUT2D eigenvalue weighted by Crippen LogP contribution is -2.17. The molecule has 4 heteroatoms. The van der Waals surface area contributed by atoms with Crippen molar-refractivity contribution in [1.29, 1.82) is 0 Å². The lowest BCUT2D eigenvalue weighted by atomic mass is 9.82. The molecule has 2 saturated carbocycles.